The Kier molecular flexibility index (Phi) is 6.46. The van der Waals surface area contributed by atoms with E-state index in [4.69, 9.17) is 0 Å². The van der Waals surface area contributed by atoms with Crippen LogP contribution in [-0.4, -0.2) is 22.0 Å². The maximum atomic E-state index is 13.3. The van der Waals surface area contributed by atoms with Gasteiger partial charge in [0.25, 0.3) is 11.2 Å². The Morgan fingerprint density at radius 1 is 1.11 bits per heavy atom. The van der Waals surface area contributed by atoms with Crippen LogP contribution in [0.3, 0.4) is 0 Å². The first-order chi connectivity index (χ1) is 12.5. The van der Waals surface area contributed by atoms with Gasteiger partial charge in [-0.1, -0.05) is 33.5 Å². The Hall–Kier alpha value is -2.15. The minimum Gasteiger partial charge on any atom is -0.301 e. The summed E-state index contributed by atoms with van der Waals surface area (Å²) in [6, 6.07) is 6.15. The lowest BCUT2D eigenvalue weighted by Gasteiger charge is -2.13. The molecule has 146 valence electrons. The summed E-state index contributed by atoms with van der Waals surface area (Å²) in [6.45, 7) is -0.328. The summed E-state index contributed by atoms with van der Waals surface area (Å²) in [4.78, 5) is 27.2. The summed E-state index contributed by atoms with van der Waals surface area (Å²) in [6.07, 6.45) is -5.39. The predicted octanol–water partition coefficient (Wildman–Crippen LogP) is 3.92. The molecule has 0 fully saturated rings. The van der Waals surface area contributed by atoms with Gasteiger partial charge in [-0.3, -0.25) is 9.36 Å². The molecule has 0 aliphatic rings. The number of rotatable bonds is 7. The summed E-state index contributed by atoms with van der Waals surface area (Å²) < 4.78 is 64.6. The standard InChI is InChI=1S/C17H16F5N2O2P/c18-16(19,20)7-1-2-14-23-13(10-15(26)24(14)8-9-25)11-3-5-12(6-4-11)17(21,22)27/h3-6,9-10H,1-2,7-8,27H2. The first-order valence-corrected chi connectivity index (χ1v) is 8.48. The van der Waals surface area contributed by atoms with E-state index in [-0.39, 0.29) is 36.5 Å². The second kappa shape index (κ2) is 8.25. The molecule has 2 aromatic rings. The molecule has 2 rings (SSSR count). The van der Waals surface area contributed by atoms with Gasteiger partial charge in [0.1, 0.15) is 12.1 Å². The number of carbonyl (C=O) groups is 1. The Labute approximate surface area is 153 Å². The first kappa shape index (κ1) is 21.2. The summed E-state index contributed by atoms with van der Waals surface area (Å²) in [7, 11) is 1.41. The van der Waals surface area contributed by atoms with E-state index in [1.54, 1.807) is 0 Å². The van der Waals surface area contributed by atoms with Gasteiger partial charge in [-0.15, -0.1) is 0 Å². The molecule has 1 unspecified atom stereocenters. The van der Waals surface area contributed by atoms with Gasteiger partial charge >= 0.3 is 6.18 Å². The number of nitrogens with zero attached hydrogens (tertiary/aromatic N) is 2. The molecule has 0 radical (unpaired) electrons. The third-order valence-electron chi connectivity index (χ3n) is 3.77. The fourth-order valence-electron chi connectivity index (χ4n) is 2.47. The molecular weight excluding hydrogens is 390 g/mol. The highest BCUT2D eigenvalue weighted by Crippen LogP contribution is 2.35. The van der Waals surface area contributed by atoms with E-state index >= 15 is 0 Å². The number of aromatic nitrogens is 2. The summed E-state index contributed by atoms with van der Waals surface area (Å²) in [5.41, 5.74) is -3.46. The van der Waals surface area contributed by atoms with E-state index in [1.807, 2.05) is 0 Å². The van der Waals surface area contributed by atoms with Crippen molar-refractivity contribution in [2.45, 2.75) is 37.6 Å². The van der Waals surface area contributed by atoms with Crippen LogP contribution in [0.15, 0.2) is 35.1 Å². The molecule has 4 nitrogen and oxygen atoms in total. The number of hydrogen-bond donors (Lipinski definition) is 0. The average Bonchev–Trinajstić information content (AvgIpc) is 2.56. The molecule has 10 heteroatoms. The molecule has 0 bridgehead atoms. The van der Waals surface area contributed by atoms with Crippen molar-refractivity contribution in [1.29, 1.82) is 0 Å². The van der Waals surface area contributed by atoms with Gasteiger partial charge in [0.05, 0.1) is 12.2 Å². The fourth-order valence-corrected chi connectivity index (χ4v) is 2.66. The van der Waals surface area contributed by atoms with Gasteiger partial charge in [0.15, 0.2) is 0 Å². The maximum absolute atomic E-state index is 13.3. The van der Waals surface area contributed by atoms with Crippen molar-refractivity contribution >= 4 is 15.5 Å². The van der Waals surface area contributed by atoms with Crippen molar-refractivity contribution in [3.8, 4) is 11.3 Å². The predicted molar refractivity (Wildman–Crippen MR) is 92.6 cm³/mol. The van der Waals surface area contributed by atoms with Crippen molar-refractivity contribution in [2.75, 3.05) is 0 Å². The highest BCUT2D eigenvalue weighted by atomic mass is 31.0. The van der Waals surface area contributed by atoms with Crippen molar-refractivity contribution < 1.29 is 26.7 Å². The lowest BCUT2D eigenvalue weighted by molar-refractivity contribution is -0.135. The highest BCUT2D eigenvalue weighted by molar-refractivity contribution is 7.17. The van der Waals surface area contributed by atoms with Gasteiger partial charge in [0, 0.05) is 30.0 Å². The van der Waals surface area contributed by atoms with E-state index in [2.05, 4.69) is 4.98 Å². The van der Waals surface area contributed by atoms with E-state index in [0.29, 0.717) is 11.8 Å². The summed E-state index contributed by atoms with van der Waals surface area (Å²) in [5.74, 6) is 0.0364. The topological polar surface area (TPSA) is 52.0 Å². The van der Waals surface area contributed by atoms with Crippen LogP contribution in [0, 0.1) is 0 Å². The second-order valence-corrected chi connectivity index (χ2v) is 6.57. The monoisotopic (exact) mass is 406 g/mol. The van der Waals surface area contributed by atoms with Crippen molar-refractivity contribution in [2.24, 2.45) is 0 Å². The highest BCUT2D eigenvalue weighted by Gasteiger charge is 2.27. The number of alkyl halides is 5. The van der Waals surface area contributed by atoms with E-state index in [1.165, 1.54) is 33.5 Å². The first-order valence-electron chi connectivity index (χ1n) is 7.90. The van der Waals surface area contributed by atoms with Crippen LogP contribution < -0.4 is 5.56 Å². The van der Waals surface area contributed by atoms with Crippen molar-refractivity contribution in [1.82, 2.24) is 9.55 Å². The zero-order valence-corrected chi connectivity index (χ0v) is 15.1. The quantitative estimate of drug-likeness (QED) is 0.398. The Morgan fingerprint density at radius 2 is 1.74 bits per heavy atom. The number of carbonyl (C=O) groups excluding carboxylic acids is 1. The Morgan fingerprint density at radius 3 is 2.26 bits per heavy atom. The van der Waals surface area contributed by atoms with Gasteiger partial charge in [0.2, 0.25) is 0 Å². The molecule has 1 aromatic heterocycles. The third-order valence-corrected chi connectivity index (χ3v) is 4.10. The van der Waals surface area contributed by atoms with Crippen LogP contribution in [0.25, 0.3) is 11.3 Å². The summed E-state index contributed by atoms with van der Waals surface area (Å²) >= 11 is 0. The molecule has 0 saturated heterocycles. The van der Waals surface area contributed by atoms with Crippen LogP contribution in [0.5, 0.6) is 0 Å². The molecule has 1 heterocycles. The molecule has 0 aliphatic carbocycles. The van der Waals surface area contributed by atoms with Crippen molar-refractivity contribution in [3.05, 3.63) is 52.1 Å². The largest absolute Gasteiger partial charge is 0.389 e. The molecule has 1 atom stereocenters. The average molecular weight is 406 g/mol. The van der Waals surface area contributed by atoms with Crippen LogP contribution in [0.1, 0.15) is 24.2 Å². The zero-order chi connectivity index (χ0) is 20.2. The second-order valence-electron chi connectivity index (χ2n) is 5.84. The lowest BCUT2D eigenvalue weighted by Crippen LogP contribution is -2.26. The van der Waals surface area contributed by atoms with E-state index in [0.717, 1.165) is 10.6 Å². The normalized spacial score (nSPS) is 12.2. The number of benzene rings is 1. The molecule has 0 aliphatic heterocycles. The molecule has 0 spiro atoms. The van der Waals surface area contributed by atoms with Gasteiger partial charge < -0.3 is 4.79 Å². The van der Waals surface area contributed by atoms with E-state index in [9.17, 15) is 31.5 Å². The number of aryl methyl sites for hydroxylation is 1. The zero-order valence-electron chi connectivity index (χ0n) is 14.0. The molecule has 27 heavy (non-hydrogen) atoms. The molecule has 0 N–H and O–H groups in total. The number of halogens is 5. The summed E-state index contributed by atoms with van der Waals surface area (Å²) in [5, 5.41) is 0. The SMILES string of the molecule is O=CCn1c(CCCC(F)(F)F)nc(-c2ccc(C(F)(F)P)cc2)cc1=O. The Bertz CT molecular complexity index is 858. The van der Waals surface area contributed by atoms with Crippen LogP contribution in [0.4, 0.5) is 22.0 Å². The van der Waals surface area contributed by atoms with Gasteiger partial charge in [-0.2, -0.15) is 22.0 Å². The fraction of sp³-hybridized carbons (Fsp3) is 0.353. The molecule has 1 aromatic carbocycles. The number of aldehydes is 1. The molecule has 0 amide bonds. The molecular formula is C17H16F5N2O2P. The smallest absolute Gasteiger partial charge is 0.301 e. The minimum absolute atomic E-state index is 0.0364. The van der Waals surface area contributed by atoms with Gasteiger partial charge in [-0.05, 0) is 6.42 Å². The van der Waals surface area contributed by atoms with Gasteiger partial charge in [-0.25, -0.2) is 4.98 Å². The molecule has 0 saturated carbocycles. The van der Waals surface area contributed by atoms with Crippen molar-refractivity contribution in [3.63, 3.8) is 0 Å². The number of hydrogen-bond acceptors (Lipinski definition) is 3. The maximum Gasteiger partial charge on any atom is 0.389 e. The third kappa shape index (κ3) is 5.92. The minimum atomic E-state index is -4.34. The van der Waals surface area contributed by atoms with Crippen LogP contribution >= 0.6 is 9.24 Å². The Balaban J connectivity index is 2.37. The van der Waals surface area contributed by atoms with Crippen LogP contribution in [-0.2, 0) is 23.4 Å². The lowest BCUT2D eigenvalue weighted by atomic mass is 10.1. The van der Waals surface area contributed by atoms with E-state index < -0.39 is 23.8 Å². The van der Waals surface area contributed by atoms with Crippen LogP contribution in [0.2, 0.25) is 0 Å².